The van der Waals surface area contributed by atoms with Crippen LogP contribution < -0.4 is 10.5 Å². The van der Waals surface area contributed by atoms with Crippen molar-refractivity contribution >= 4 is 5.69 Å². The predicted molar refractivity (Wildman–Crippen MR) is 61.6 cm³/mol. The number of hydrogen-bond acceptors (Lipinski definition) is 4. The van der Waals surface area contributed by atoms with Gasteiger partial charge in [0.25, 0.3) is 0 Å². The Bertz CT molecular complexity index is 397. The van der Waals surface area contributed by atoms with Crippen molar-refractivity contribution in [3.63, 3.8) is 0 Å². The van der Waals surface area contributed by atoms with Gasteiger partial charge in [-0.05, 0) is 32.4 Å². The fraction of sp³-hybridized carbons (Fsp3) is 0.455. The second-order valence-corrected chi connectivity index (χ2v) is 4.51. The van der Waals surface area contributed by atoms with Gasteiger partial charge in [0.2, 0.25) is 0 Å². The molecule has 0 amide bonds. The van der Waals surface area contributed by atoms with Gasteiger partial charge in [-0.3, -0.25) is 10.1 Å². The minimum absolute atomic E-state index is 0.0238. The summed E-state index contributed by atoms with van der Waals surface area (Å²) in [4.78, 5) is 10.3. The SMILES string of the molecule is Cc1ccc(OCC(C)(C)N)c([N+](=O)[O-])c1. The summed E-state index contributed by atoms with van der Waals surface area (Å²) in [5.41, 5.74) is 6.03. The third-order valence-electron chi connectivity index (χ3n) is 1.91. The Morgan fingerprint density at radius 3 is 2.62 bits per heavy atom. The Hall–Kier alpha value is -1.62. The number of rotatable bonds is 4. The van der Waals surface area contributed by atoms with E-state index in [0.29, 0.717) is 0 Å². The lowest BCUT2D eigenvalue weighted by Crippen LogP contribution is -2.38. The maximum atomic E-state index is 10.8. The third kappa shape index (κ3) is 3.51. The summed E-state index contributed by atoms with van der Waals surface area (Å²) >= 11 is 0. The zero-order valence-electron chi connectivity index (χ0n) is 9.69. The average Bonchev–Trinajstić information content (AvgIpc) is 2.14. The van der Waals surface area contributed by atoms with Crippen LogP contribution in [0.1, 0.15) is 19.4 Å². The van der Waals surface area contributed by atoms with Crippen LogP contribution in [0.3, 0.4) is 0 Å². The lowest BCUT2D eigenvalue weighted by atomic mass is 10.1. The van der Waals surface area contributed by atoms with Gasteiger partial charge in [-0.2, -0.15) is 0 Å². The maximum Gasteiger partial charge on any atom is 0.311 e. The Balaban J connectivity index is 2.91. The minimum Gasteiger partial charge on any atom is -0.485 e. The first-order valence-electron chi connectivity index (χ1n) is 4.96. The maximum absolute atomic E-state index is 10.8. The number of nitro groups is 1. The molecule has 0 saturated heterocycles. The Morgan fingerprint density at radius 2 is 2.12 bits per heavy atom. The van der Waals surface area contributed by atoms with E-state index in [4.69, 9.17) is 10.5 Å². The van der Waals surface area contributed by atoms with Gasteiger partial charge in [0, 0.05) is 11.6 Å². The number of hydrogen-bond donors (Lipinski definition) is 1. The van der Waals surface area contributed by atoms with Crippen LogP contribution in [0.15, 0.2) is 18.2 Å². The summed E-state index contributed by atoms with van der Waals surface area (Å²) in [5, 5.41) is 10.8. The van der Waals surface area contributed by atoms with Gasteiger partial charge in [-0.25, -0.2) is 0 Å². The van der Waals surface area contributed by atoms with Crippen molar-refractivity contribution in [1.82, 2.24) is 0 Å². The normalized spacial score (nSPS) is 11.2. The van der Waals surface area contributed by atoms with Crippen LogP contribution in [-0.2, 0) is 0 Å². The van der Waals surface area contributed by atoms with E-state index in [9.17, 15) is 10.1 Å². The molecule has 0 saturated carbocycles. The molecular formula is C11H16N2O3. The molecule has 0 aliphatic heterocycles. The average molecular weight is 224 g/mol. The predicted octanol–water partition coefficient (Wildman–Crippen LogP) is 2.02. The zero-order valence-corrected chi connectivity index (χ0v) is 9.69. The molecule has 0 aliphatic rings. The first-order chi connectivity index (χ1) is 7.29. The Morgan fingerprint density at radius 1 is 1.50 bits per heavy atom. The van der Waals surface area contributed by atoms with Crippen molar-refractivity contribution in [1.29, 1.82) is 0 Å². The number of nitrogens with two attached hydrogens (primary N) is 1. The van der Waals surface area contributed by atoms with E-state index in [-0.39, 0.29) is 18.0 Å². The van der Waals surface area contributed by atoms with E-state index in [1.807, 2.05) is 0 Å². The Labute approximate surface area is 94.4 Å². The van der Waals surface area contributed by atoms with Crippen molar-refractivity contribution < 1.29 is 9.66 Å². The second-order valence-electron chi connectivity index (χ2n) is 4.51. The molecule has 1 rings (SSSR count). The smallest absolute Gasteiger partial charge is 0.311 e. The molecular weight excluding hydrogens is 208 g/mol. The molecule has 1 aromatic carbocycles. The fourth-order valence-electron chi connectivity index (χ4n) is 1.16. The quantitative estimate of drug-likeness (QED) is 0.626. The van der Waals surface area contributed by atoms with Crippen LogP contribution in [0, 0.1) is 17.0 Å². The fourth-order valence-corrected chi connectivity index (χ4v) is 1.16. The molecule has 16 heavy (non-hydrogen) atoms. The van der Waals surface area contributed by atoms with Crippen molar-refractivity contribution in [3.8, 4) is 5.75 Å². The minimum atomic E-state index is -0.515. The molecule has 0 unspecified atom stereocenters. The van der Waals surface area contributed by atoms with Gasteiger partial charge < -0.3 is 10.5 Å². The summed E-state index contributed by atoms with van der Waals surface area (Å²) in [7, 11) is 0. The summed E-state index contributed by atoms with van der Waals surface area (Å²) in [6.07, 6.45) is 0. The van der Waals surface area contributed by atoms with Crippen LogP contribution in [0.4, 0.5) is 5.69 Å². The van der Waals surface area contributed by atoms with Crippen molar-refractivity contribution in [2.75, 3.05) is 6.61 Å². The lowest BCUT2D eigenvalue weighted by molar-refractivity contribution is -0.386. The van der Waals surface area contributed by atoms with Gasteiger partial charge in [0.1, 0.15) is 6.61 Å². The number of nitro benzene ring substituents is 1. The summed E-state index contributed by atoms with van der Waals surface area (Å²) in [6.45, 7) is 5.63. The van der Waals surface area contributed by atoms with Gasteiger partial charge >= 0.3 is 5.69 Å². The number of benzene rings is 1. The Kier molecular flexibility index (Phi) is 3.49. The van der Waals surface area contributed by atoms with Crippen LogP contribution in [0.5, 0.6) is 5.75 Å². The van der Waals surface area contributed by atoms with E-state index in [2.05, 4.69) is 0 Å². The molecule has 1 aromatic rings. The molecule has 0 radical (unpaired) electrons. The highest BCUT2D eigenvalue weighted by atomic mass is 16.6. The first-order valence-corrected chi connectivity index (χ1v) is 4.96. The standard InChI is InChI=1S/C11H16N2O3/c1-8-4-5-10(9(6-8)13(14)15)16-7-11(2,3)12/h4-6H,7,12H2,1-3H3. The van der Waals surface area contributed by atoms with Crippen molar-refractivity contribution in [2.24, 2.45) is 5.73 Å². The molecule has 5 nitrogen and oxygen atoms in total. The monoisotopic (exact) mass is 224 g/mol. The van der Waals surface area contributed by atoms with Gasteiger partial charge in [-0.1, -0.05) is 6.07 Å². The highest BCUT2D eigenvalue weighted by Gasteiger charge is 2.18. The summed E-state index contributed by atoms with van der Waals surface area (Å²) in [6, 6.07) is 4.85. The molecule has 88 valence electrons. The molecule has 0 spiro atoms. The first kappa shape index (κ1) is 12.4. The zero-order chi connectivity index (χ0) is 12.3. The van der Waals surface area contributed by atoms with Gasteiger partial charge in [0.15, 0.2) is 5.75 Å². The molecule has 0 aliphatic carbocycles. The van der Waals surface area contributed by atoms with E-state index < -0.39 is 10.5 Å². The molecule has 0 atom stereocenters. The van der Waals surface area contributed by atoms with Gasteiger partial charge in [0.05, 0.1) is 4.92 Å². The third-order valence-corrected chi connectivity index (χ3v) is 1.91. The highest BCUT2D eigenvalue weighted by Crippen LogP contribution is 2.28. The molecule has 0 aromatic heterocycles. The number of ether oxygens (including phenoxy) is 1. The van der Waals surface area contributed by atoms with Crippen molar-refractivity contribution in [3.05, 3.63) is 33.9 Å². The van der Waals surface area contributed by atoms with E-state index in [1.165, 1.54) is 6.07 Å². The van der Waals surface area contributed by atoms with Crippen LogP contribution in [0.2, 0.25) is 0 Å². The summed E-state index contributed by atoms with van der Waals surface area (Å²) in [5.74, 6) is 0.258. The molecule has 5 heteroatoms. The number of nitrogens with zero attached hydrogens (tertiary/aromatic N) is 1. The highest BCUT2D eigenvalue weighted by molar-refractivity contribution is 5.48. The van der Waals surface area contributed by atoms with E-state index in [0.717, 1.165) is 5.56 Å². The van der Waals surface area contributed by atoms with Crippen LogP contribution in [0.25, 0.3) is 0 Å². The van der Waals surface area contributed by atoms with Crippen molar-refractivity contribution in [2.45, 2.75) is 26.3 Å². The molecule has 0 fully saturated rings. The molecule has 2 N–H and O–H groups in total. The topological polar surface area (TPSA) is 78.4 Å². The largest absolute Gasteiger partial charge is 0.485 e. The van der Waals surface area contributed by atoms with Crippen LogP contribution >= 0.6 is 0 Å². The number of aryl methyl sites for hydroxylation is 1. The summed E-state index contributed by atoms with van der Waals surface area (Å²) < 4.78 is 5.35. The van der Waals surface area contributed by atoms with E-state index >= 15 is 0 Å². The van der Waals surface area contributed by atoms with Crippen LogP contribution in [-0.4, -0.2) is 17.1 Å². The molecule has 0 bridgehead atoms. The van der Waals surface area contributed by atoms with E-state index in [1.54, 1.807) is 32.9 Å². The van der Waals surface area contributed by atoms with Gasteiger partial charge in [-0.15, -0.1) is 0 Å². The molecule has 0 heterocycles. The second kappa shape index (κ2) is 4.49. The lowest BCUT2D eigenvalue weighted by Gasteiger charge is -2.18.